The molecular formula is C36H38N2O2. The Morgan fingerprint density at radius 1 is 0.525 bits per heavy atom. The minimum atomic E-state index is -0.212. The standard InChI is InChI=1S/C36H38N2O2/c1-27-13-17-31(18-14-27)35(39)33(29-9-5-3-6-10-29)25-37-21-23-38(24-22-37)26-34(30-11-7-4-8-12-30)36(40)32-19-15-28(2)16-20-32/h3-20,33-34H,21-26H2,1-2H3. The Labute approximate surface area is 238 Å². The Morgan fingerprint density at radius 2 is 0.850 bits per heavy atom. The second kappa shape index (κ2) is 13.0. The van der Waals surface area contributed by atoms with Crippen molar-refractivity contribution >= 4 is 11.6 Å². The van der Waals surface area contributed by atoms with Gasteiger partial charge in [-0.05, 0) is 25.0 Å². The van der Waals surface area contributed by atoms with E-state index in [1.54, 1.807) is 0 Å². The van der Waals surface area contributed by atoms with Gasteiger partial charge in [0.15, 0.2) is 11.6 Å². The largest absolute Gasteiger partial charge is 0.300 e. The Hall–Kier alpha value is -3.86. The fourth-order valence-electron chi connectivity index (χ4n) is 5.56. The smallest absolute Gasteiger partial charge is 0.171 e. The van der Waals surface area contributed by atoms with Crippen molar-refractivity contribution in [2.24, 2.45) is 0 Å². The van der Waals surface area contributed by atoms with Crippen molar-refractivity contribution in [2.45, 2.75) is 25.7 Å². The van der Waals surface area contributed by atoms with E-state index in [4.69, 9.17) is 0 Å². The molecule has 1 aliphatic heterocycles. The summed E-state index contributed by atoms with van der Waals surface area (Å²) in [5, 5.41) is 0. The molecule has 4 nitrogen and oxygen atoms in total. The van der Waals surface area contributed by atoms with E-state index < -0.39 is 0 Å². The van der Waals surface area contributed by atoms with Crippen molar-refractivity contribution < 1.29 is 9.59 Å². The number of piperazine rings is 1. The Bertz CT molecular complexity index is 1280. The molecule has 2 unspecified atom stereocenters. The maximum atomic E-state index is 13.7. The van der Waals surface area contributed by atoms with E-state index in [1.165, 1.54) is 0 Å². The van der Waals surface area contributed by atoms with Gasteiger partial charge in [-0.25, -0.2) is 0 Å². The Morgan fingerprint density at radius 3 is 1.18 bits per heavy atom. The van der Waals surface area contributed by atoms with Crippen LogP contribution in [0.3, 0.4) is 0 Å². The van der Waals surface area contributed by atoms with Gasteiger partial charge in [0.1, 0.15) is 0 Å². The first-order chi connectivity index (χ1) is 19.5. The minimum absolute atomic E-state index is 0.168. The maximum absolute atomic E-state index is 13.7. The highest BCUT2D eigenvalue weighted by molar-refractivity contribution is 6.01. The van der Waals surface area contributed by atoms with Crippen LogP contribution in [0.2, 0.25) is 0 Å². The SMILES string of the molecule is Cc1ccc(C(=O)C(CN2CCN(CC(C(=O)c3ccc(C)cc3)c3ccccc3)CC2)c2ccccc2)cc1. The zero-order valence-corrected chi connectivity index (χ0v) is 23.5. The third-order valence-electron chi connectivity index (χ3n) is 8.06. The lowest BCUT2D eigenvalue weighted by Crippen LogP contribution is -2.49. The van der Waals surface area contributed by atoms with Gasteiger partial charge in [0, 0.05) is 50.4 Å². The molecule has 4 heteroatoms. The molecular weight excluding hydrogens is 492 g/mol. The van der Waals surface area contributed by atoms with Crippen LogP contribution < -0.4 is 0 Å². The van der Waals surface area contributed by atoms with Crippen molar-refractivity contribution in [3.63, 3.8) is 0 Å². The van der Waals surface area contributed by atoms with E-state index >= 15 is 0 Å². The van der Waals surface area contributed by atoms with Gasteiger partial charge in [-0.3, -0.25) is 19.4 Å². The number of hydrogen-bond acceptors (Lipinski definition) is 4. The molecule has 4 aromatic rings. The lowest BCUT2D eigenvalue weighted by molar-refractivity contribution is 0.0830. The highest BCUT2D eigenvalue weighted by Gasteiger charge is 2.29. The van der Waals surface area contributed by atoms with Gasteiger partial charge in [-0.1, -0.05) is 120 Å². The number of nitrogens with zero attached hydrogens (tertiary/aromatic N) is 2. The summed E-state index contributed by atoms with van der Waals surface area (Å²) in [5.41, 5.74) is 5.95. The average Bonchev–Trinajstić information content (AvgIpc) is 3.00. The van der Waals surface area contributed by atoms with Crippen LogP contribution in [-0.4, -0.2) is 60.6 Å². The van der Waals surface area contributed by atoms with E-state index in [9.17, 15) is 9.59 Å². The van der Waals surface area contributed by atoms with E-state index in [-0.39, 0.29) is 23.4 Å². The molecule has 0 amide bonds. The predicted octanol–water partition coefficient (Wildman–Crippen LogP) is 6.55. The van der Waals surface area contributed by atoms with Gasteiger partial charge in [-0.2, -0.15) is 0 Å². The fourth-order valence-corrected chi connectivity index (χ4v) is 5.56. The van der Waals surface area contributed by atoms with Crippen LogP contribution in [0.15, 0.2) is 109 Å². The molecule has 1 saturated heterocycles. The van der Waals surface area contributed by atoms with Crippen molar-refractivity contribution in [2.75, 3.05) is 39.3 Å². The number of aryl methyl sites for hydroxylation is 2. The molecule has 204 valence electrons. The highest BCUT2D eigenvalue weighted by atomic mass is 16.1. The topological polar surface area (TPSA) is 40.6 Å². The zero-order chi connectivity index (χ0) is 27.9. The van der Waals surface area contributed by atoms with Crippen molar-refractivity contribution in [1.29, 1.82) is 0 Å². The average molecular weight is 531 g/mol. The van der Waals surface area contributed by atoms with E-state index in [2.05, 4.69) is 34.1 Å². The Kier molecular flexibility index (Phi) is 9.00. The summed E-state index contributed by atoms with van der Waals surface area (Å²) >= 11 is 0. The number of carbonyl (C=O) groups excluding carboxylic acids is 2. The number of carbonyl (C=O) groups is 2. The molecule has 0 aromatic heterocycles. The number of hydrogen-bond donors (Lipinski definition) is 0. The van der Waals surface area contributed by atoms with E-state index in [0.29, 0.717) is 13.1 Å². The molecule has 0 saturated carbocycles. The molecule has 1 fully saturated rings. The van der Waals surface area contributed by atoms with E-state index in [0.717, 1.165) is 59.6 Å². The molecule has 0 radical (unpaired) electrons. The summed E-state index contributed by atoms with van der Waals surface area (Å²) in [6, 6.07) is 36.1. The first kappa shape index (κ1) is 27.7. The van der Waals surface area contributed by atoms with Crippen LogP contribution in [0.25, 0.3) is 0 Å². The van der Waals surface area contributed by atoms with Crippen molar-refractivity contribution in [3.8, 4) is 0 Å². The molecule has 0 spiro atoms. The summed E-state index contributed by atoms with van der Waals surface area (Å²) in [6.45, 7) is 8.92. The summed E-state index contributed by atoms with van der Waals surface area (Å²) in [6.07, 6.45) is 0. The monoisotopic (exact) mass is 530 g/mol. The van der Waals surface area contributed by atoms with Crippen LogP contribution in [0, 0.1) is 13.8 Å². The van der Waals surface area contributed by atoms with Gasteiger partial charge < -0.3 is 0 Å². The fraction of sp³-hybridized carbons (Fsp3) is 0.278. The molecule has 0 N–H and O–H groups in total. The maximum Gasteiger partial charge on any atom is 0.171 e. The van der Waals surface area contributed by atoms with Gasteiger partial charge in [-0.15, -0.1) is 0 Å². The van der Waals surface area contributed by atoms with E-state index in [1.807, 2.05) is 98.8 Å². The molecule has 1 heterocycles. The van der Waals surface area contributed by atoms with Crippen LogP contribution in [0.5, 0.6) is 0 Å². The quantitative estimate of drug-likeness (QED) is 0.218. The third-order valence-corrected chi connectivity index (χ3v) is 8.06. The summed E-state index contributed by atoms with van der Waals surface area (Å²) in [7, 11) is 0. The molecule has 0 aliphatic carbocycles. The van der Waals surface area contributed by atoms with Crippen LogP contribution in [0.4, 0.5) is 0 Å². The summed E-state index contributed by atoms with van der Waals surface area (Å²) < 4.78 is 0. The molecule has 1 aliphatic rings. The number of Topliss-reactive ketones (excluding diaryl/α,β-unsaturated/α-hetero) is 2. The zero-order valence-electron chi connectivity index (χ0n) is 23.5. The lowest BCUT2D eigenvalue weighted by atomic mass is 9.89. The van der Waals surface area contributed by atoms with Gasteiger partial charge in [0.25, 0.3) is 0 Å². The van der Waals surface area contributed by atoms with Crippen molar-refractivity contribution in [3.05, 3.63) is 143 Å². The molecule has 40 heavy (non-hydrogen) atoms. The normalized spacial score (nSPS) is 15.8. The minimum Gasteiger partial charge on any atom is -0.300 e. The molecule has 0 bridgehead atoms. The van der Waals surface area contributed by atoms with Crippen molar-refractivity contribution in [1.82, 2.24) is 9.80 Å². The summed E-state index contributed by atoms with van der Waals surface area (Å²) in [4.78, 5) is 32.1. The number of ketones is 2. The highest BCUT2D eigenvalue weighted by Crippen LogP contribution is 2.26. The number of rotatable bonds is 10. The van der Waals surface area contributed by atoms with Gasteiger partial charge in [0.05, 0.1) is 11.8 Å². The predicted molar refractivity (Wildman–Crippen MR) is 162 cm³/mol. The molecule has 4 aromatic carbocycles. The molecule has 5 rings (SSSR count). The second-order valence-corrected chi connectivity index (χ2v) is 11.0. The van der Waals surface area contributed by atoms with Gasteiger partial charge in [0.2, 0.25) is 0 Å². The lowest BCUT2D eigenvalue weighted by Gasteiger charge is -2.37. The van der Waals surface area contributed by atoms with Crippen LogP contribution >= 0.6 is 0 Å². The first-order valence-corrected chi connectivity index (χ1v) is 14.2. The number of benzene rings is 4. The van der Waals surface area contributed by atoms with Gasteiger partial charge >= 0.3 is 0 Å². The van der Waals surface area contributed by atoms with Crippen LogP contribution in [0.1, 0.15) is 54.8 Å². The second-order valence-electron chi connectivity index (χ2n) is 11.0. The Balaban J connectivity index is 1.27. The third kappa shape index (κ3) is 6.82. The molecule has 2 atom stereocenters. The van der Waals surface area contributed by atoms with Crippen LogP contribution in [-0.2, 0) is 0 Å². The first-order valence-electron chi connectivity index (χ1n) is 14.2. The summed E-state index contributed by atoms with van der Waals surface area (Å²) in [5.74, 6) is -0.0887.